The molecule has 1 N–H and O–H groups in total. The molecule has 0 saturated carbocycles. The zero-order valence-corrected chi connectivity index (χ0v) is 12.5. The lowest BCUT2D eigenvalue weighted by Gasteiger charge is -2.38. The Bertz CT molecular complexity index is 593. The lowest BCUT2D eigenvalue weighted by Crippen LogP contribution is -2.55. The molecule has 0 bridgehead atoms. The van der Waals surface area contributed by atoms with Gasteiger partial charge in [0.25, 0.3) is 5.91 Å². The minimum absolute atomic E-state index is 0.00576. The predicted molar refractivity (Wildman–Crippen MR) is 77.7 cm³/mol. The van der Waals surface area contributed by atoms with Crippen LogP contribution in [0.15, 0.2) is 24.3 Å². The highest BCUT2D eigenvalue weighted by molar-refractivity contribution is 5.97. The second-order valence-corrected chi connectivity index (χ2v) is 5.32. The van der Waals surface area contributed by atoms with Crippen LogP contribution in [0.2, 0.25) is 0 Å². The Morgan fingerprint density at radius 1 is 1.27 bits per heavy atom. The fourth-order valence-corrected chi connectivity index (χ4v) is 2.00. The lowest BCUT2D eigenvalue weighted by atomic mass is 10.1. The number of aromatic carboxylic acids is 1. The molecule has 2 rings (SSSR count). The summed E-state index contributed by atoms with van der Waals surface area (Å²) in [6, 6.07) is 5.92. The average Bonchev–Trinajstić information content (AvgIpc) is 2.45. The molecule has 1 saturated heterocycles. The number of likely N-dealkylation sites (N-methyl/N-ethyl adjacent to an activating group) is 1. The Hall–Kier alpha value is -2.41. The summed E-state index contributed by atoms with van der Waals surface area (Å²) in [5.41, 5.74) is 0.415. The maximum absolute atomic E-state index is 12.2. The van der Waals surface area contributed by atoms with Gasteiger partial charge in [-0.2, -0.15) is 0 Å². The fourth-order valence-electron chi connectivity index (χ4n) is 2.00. The third kappa shape index (κ3) is 3.62. The SMILES string of the molecule is CN(C)C(=O)COC1CN(C(=O)c2cccc(C(=O)O)c2)C1. The quantitative estimate of drug-likeness (QED) is 0.846. The molecule has 0 radical (unpaired) electrons. The van der Waals surface area contributed by atoms with Crippen LogP contribution in [0.4, 0.5) is 0 Å². The van der Waals surface area contributed by atoms with Gasteiger partial charge >= 0.3 is 5.97 Å². The van der Waals surface area contributed by atoms with Crippen LogP contribution >= 0.6 is 0 Å². The van der Waals surface area contributed by atoms with E-state index in [1.807, 2.05) is 0 Å². The van der Waals surface area contributed by atoms with Crippen LogP contribution in [0.5, 0.6) is 0 Å². The van der Waals surface area contributed by atoms with Crippen molar-refractivity contribution in [1.29, 1.82) is 0 Å². The molecule has 1 aromatic carbocycles. The molecule has 1 fully saturated rings. The first-order valence-electron chi connectivity index (χ1n) is 6.83. The smallest absolute Gasteiger partial charge is 0.335 e. The van der Waals surface area contributed by atoms with E-state index in [0.717, 1.165) is 0 Å². The summed E-state index contributed by atoms with van der Waals surface area (Å²) in [4.78, 5) is 37.5. The van der Waals surface area contributed by atoms with Crippen molar-refractivity contribution in [3.05, 3.63) is 35.4 Å². The van der Waals surface area contributed by atoms with Crippen LogP contribution in [0.25, 0.3) is 0 Å². The second kappa shape index (κ2) is 6.57. The molecular formula is C15H18N2O5. The molecule has 0 atom stereocenters. The van der Waals surface area contributed by atoms with E-state index in [1.54, 1.807) is 31.1 Å². The molecule has 1 aliphatic heterocycles. The van der Waals surface area contributed by atoms with Crippen LogP contribution in [0.3, 0.4) is 0 Å². The third-order valence-electron chi connectivity index (χ3n) is 3.43. The van der Waals surface area contributed by atoms with E-state index < -0.39 is 5.97 Å². The number of hydrogen-bond donors (Lipinski definition) is 1. The van der Waals surface area contributed by atoms with Gasteiger partial charge in [0.1, 0.15) is 6.61 Å². The standard InChI is InChI=1S/C15H18N2O5/c1-16(2)13(18)9-22-12-7-17(8-12)14(19)10-4-3-5-11(6-10)15(20)21/h3-6,12H,7-9H2,1-2H3,(H,20,21). The Morgan fingerprint density at radius 2 is 1.91 bits per heavy atom. The molecule has 118 valence electrons. The summed E-state index contributed by atoms with van der Waals surface area (Å²) < 4.78 is 5.40. The number of carboxylic acids is 1. The largest absolute Gasteiger partial charge is 0.478 e. The lowest BCUT2D eigenvalue weighted by molar-refractivity contribution is -0.138. The Labute approximate surface area is 128 Å². The van der Waals surface area contributed by atoms with Crippen molar-refractivity contribution in [2.45, 2.75) is 6.10 Å². The number of nitrogens with zero attached hydrogens (tertiary/aromatic N) is 2. The number of hydrogen-bond acceptors (Lipinski definition) is 4. The molecule has 0 aliphatic carbocycles. The molecular weight excluding hydrogens is 288 g/mol. The number of ether oxygens (including phenoxy) is 1. The molecule has 1 aromatic rings. The van der Waals surface area contributed by atoms with Gasteiger partial charge in [-0.1, -0.05) is 6.07 Å². The van der Waals surface area contributed by atoms with Gasteiger partial charge in [-0.3, -0.25) is 9.59 Å². The molecule has 7 nitrogen and oxygen atoms in total. The summed E-state index contributed by atoms with van der Waals surface area (Å²) in [5.74, 6) is -1.43. The van der Waals surface area contributed by atoms with Gasteiger partial charge in [0, 0.05) is 32.7 Å². The number of likely N-dealkylation sites (tertiary alicyclic amines) is 1. The van der Waals surface area contributed by atoms with Gasteiger partial charge in [0.15, 0.2) is 0 Å². The maximum atomic E-state index is 12.2. The maximum Gasteiger partial charge on any atom is 0.335 e. The summed E-state index contributed by atoms with van der Waals surface area (Å²) >= 11 is 0. The highest BCUT2D eigenvalue weighted by Gasteiger charge is 2.32. The van der Waals surface area contributed by atoms with E-state index in [9.17, 15) is 14.4 Å². The Morgan fingerprint density at radius 3 is 2.50 bits per heavy atom. The molecule has 1 aliphatic rings. The molecule has 2 amide bonds. The highest BCUT2D eigenvalue weighted by atomic mass is 16.5. The zero-order chi connectivity index (χ0) is 16.3. The zero-order valence-electron chi connectivity index (χ0n) is 12.5. The predicted octanol–water partition coefficient (Wildman–Crippen LogP) is 0.314. The van der Waals surface area contributed by atoms with Crippen molar-refractivity contribution in [3.63, 3.8) is 0 Å². The molecule has 0 unspecified atom stereocenters. The van der Waals surface area contributed by atoms with Crippen molar-refractivity contribution < 1.29 is 24.2 Å². The fraction of sp³-hybridized carbons (Fsp3) is 0.400. The average molecular weight is 306 g/mol. The van der Waals surface area contributed by atoms with E-state index in [4.69, 9.17) is 9.84 Å². The minimum atomic E-state index is -1.07. The van der Waals surface area contributed by atoms with Gasteiger partial charge < -0.3 is 19.6 Å². The molecule has 0 aromatic heterocycles. The first-order chi connectivity index (χ1) is 10.4. The van der Waals surface area contributed by atoms with E-state index in [0.29, 0.717) is 18.7 Å². The summed E-state index contributed by atoms with van der Waals surface area (Å²) in [6.45, 7) is 0.794. The van der Waals surface area contributed by atoms with Crippen LogP contribution in [-0.2, 0) is 9.53 Å². The van der Waals surface area contributed by atoms with E-state index in [2.05, 4.69) is 0 Å². The third-order valence-corrected chi connectivity index (χ3v) is 3.43. The van der Waals surface area contributed by atoms with Crippen molar-refractivity contribution in [2.75, 3.05) is 33.8 Å². The van der Waals surface area contributed by atoms with Gasteiger partial charge in [-0.15, -0.1) is 0 Å². The number of benzene rings is 1. The number of amides is 2. The highest BCUT2D eigenvalue weighted by Crippen LogP contribution is 2.17. The van der Waals surface area contributed by atoms with E-state index in [-0.39, 0.29) is 30.1 Å². The van der Waals surface area contributed by atoms with Crippen LogP contribution in [-0.4, -0.2) is 72.6 Å². The van der Waals surface area contributed by atoms with Crippen molar-refractivity contribution in [3.8, 4) is 0 Å². The van der Waals surface area contributed by atoms with Gasteiger partial charge in [0.05, 0.1) is 11.7 Å². The van der Waals surface area contributed by atoms with E-state index >= 15 is 0 Å². The van der Waals surface area contributed by atoms with Crippen molar-refractivity contribution >= 4 is 17.8 Å². The Kier molecular flexibility index (Phi) is 4.77. The second-order valence-electron chi connectivity index (χ2n) is 5.32. The van der Waals surface area contributed by atoms with Crippen LogP contribution in [0.1, 0.15) is 20.7 Å². The summed E-state index contributed by atoms with van der Waals surface area (Å²) in [6.07, 6.45) is -0.157. The molecule has 1 heterocycles. The van der Waals surface area contributed by atoms with E-state index in [1.165, 1.54) is 17.0 Å². The molecule has 0 spiro atoms. The van der Waals surface area contributed by atoms with Gasteiger partial charge in [0.2, 0.25) is 5.91 Å². The van der Waals surface area contributed by atoms with Gasteiger partial charge in [-0.05, 0) is 18.2 Å². The first-order valence-corrected chi connectivity index (χ1v) is 6.83. The first kappa shape index (κ1) is 16.0. The summed E-state index contributed by atoms with van der Waals surface area (Å²) in [5, 5.41) is 8.93. The van der Waals surface area contributed by atoms with Crippen molar-refractivity contribution in [2.24, 2.45) is 0 Å². The molecule has 22 heavy (non-hydrogen) atoms. The summed E-state index contributed by atoms with van der Waals surface area (Å²) in [7, 11) is 3.30. The Balaban J connectivity index is 1.85. The molecule has 7 heteroatoms. The number of carboxylic acid groups (broad SMARTS) is 1. The van der Waals surface area contributed by atoms with Crippen LogP contribution < -0.4 is 0 Å². The topological polar surface area (TPSA) is 87.2 Å². The normalized spacial score (nSPS) is 14.4. The monoisotopic (exact) mass is 306 g/mol. The number of carbonyl (C=O) groups is 3. The number of rotatable bonds is 5. The minimum Gasteiger partial charge on any atom is -0.478 e. The van der Waals surface area contributed by atoms with Gasteiger partial charge in [-0.25, -0.2) is 4.79 Å². The van der Waals surface area contributed by atoms with Crippen LogP contribution in [0, 0.1) is 0 Å². The van der Waals surface area contributed by atoms with Crippen molar-refractivity contribution in [1.82, 2.24) is 9.80 Å². The number of carbonyl (C=O) groups excluding carboxylic acids is 2.